The zero-order valence-electron chi connectivity index (χ0n) is 12.7. The zero-order chi connectivity index (χ0) is 15.8. The van der Waals surface area contributed by atoms with Gasteiger partial charge in [-0.05, 0) is 47.1 Å². The van der Waals surface area contributed by atoms with Crippen LogP contribution >= 0.6 is 0 Å². The van der Waals surface area contributed by atoms with Crippen molar-refractivity contribution < 1.29 is 24.2 Å². The maximum absolute atomic E-state index is 11.3. The summed E-state index contributed by atoms with van der Waals surface area (Å²) in [7, 11) is 1.38. The van der Waals surface area contributed by atoms with Crippen LogP contribution in [-0.4, -0.2) is 53.7 Å². The molecule has 0 rings (SSSR count). The molecule has 8 heteroatoms. The standard InChI is InChI=1S/C13H23N2O5.Fm/c1-13(2,3)20-12(19)14-8-6-5-7-10(11(17)18)15(4)9-16;/h10H,5-8H2,1-4H3,(H,14,19)(H,17,18);/q-1;. The second-order valence-corrected chi connectivity index (χ2v) is 5.48. The second kappa shape index (κ2) is 9.17. The van der Waals surface area contributed by atoms with Crippen LogP contribution in [0.2, 0.25) is 0 Å². The molecule has 128 valence electrons. The fraction of sp³-hybridized carbons (Fsp3) is 0.769. The first kappa shape index (κ1) is 20.5. The second-order valence-electron chi connectivity index (χ2n) is 5.48. The van der Waals surface area contributed by atoms with Crippen LogP contribution < -0.4 is 5.32 Å². The third kappa shape index (κ3) is 9.75. The summed E-state index contributed by atoms with van der Waals surface area (Å²) in [4.78, 5) is 33.7. The van der Waals surface area contributed by atoms with Crippen molar-refractivity contribution in [3.8, 4) is 0 Å². The number of aliphatic carboxylic acids is 1. The minimum absolute atomic E-state index is 0. The van der Waals surface area contributed by atoms with Crippen LogP contribution in [0.1, 0.15) is 40.0 Å². The Bertz CT molecular complexity index is 344. The third-order valence-corrected chi connectivity index (χ3v) is 2.47. The van der Waals surface area contributed by atoms with E-state index in [0.29, 0.717) is 25.8 Å². The van der Waals surface area contributed by atoms with Gasteiger partial charge in [-0.15, -0.1) is 0 Å². The van der Waals surface area contributed by atoms with Gasteiger partial charge in [-0.2, -0.15) is 6.41 Å². The zero-order valence-corrected chi connectivity index (χ0v) is 15.1. The Morgan fingerprint density at radius 1 is 1.33 bits per heavy atom. The summed E-state index contributed by atoms with van der Waals surface area (Å²) in [6.07, 6.45) is 2.54. The van der Waals surface area contributed by atoms with E-state index < -0.39 is 23.7 Å². The van der Waals surface area contributed by atoms with Gasteiger partial charge < -0.3 is 24.9 Å². The number of unbranched alkanes of at least 4 members (excludes halogenated alkanes) is 1. The number of alkyl carbamates (subject to hydrolysis) is 1. The van der Waals surface area contributed by atoms with Gasteiger partial charge in [0, 0.05) is 6.54 Å². The van der Waals surface area contributed by atoms with Crippen LogP contribution in [0, 0.1) is 0 Å². The first-order chi connectivity index (χ1) is 9.17. The molecule has 21 heavy (non-hydrogen) atoms. The maximum Gasteiger partial charge on any atom is 0.407 e. The predicted octanol–water partition coefficient (Wildman–Crippen LogP) is 1.13. The molecule has 0 aliphatic carbocycles. The minimum atomic E-state index is -1.06. The van der Waals surface area contributed by atoms with Crippen LogP contribution in [0.5, 0.6) is 0 Å². The molecule has 0 aliphatic heterocycles. The molecule has 0 aromatic carbocycles. The molecule has 0 bridgehead atoms. The number of rotatable bonds is 8. The maximum atomic E-state index is 11.3. The molecule has 1 atom stereocenters. The molecule has 0 spiro atoms. The molecule has 0 heterocycles. The first-order valence-corrected chi connectivity index (χ1v) is 6.47. The fourth-order valence-corrected chi connectivity index (χ4v) is 1.51. The number of hydrogen-bond donors (Lipinski definition) is 2. The summed E-state index contributed by atoms with van der Waals surface area (Å²) < 4.78 is 5.06. The Hall–Kier alpha value is -2.79. The molecule has 1 unspecified atom stereocenters. The molecule has 0 radical (unpaired) electrons. The molecule has 0 fully saturated rings. The van der Waals surface area contributed by atoms with E-state index in [1.807, 2.05) is 0 Å². The van der Waals surface area contributed by atoms with Gasteiger partial charge in [0.2, 0.25) is 0 Å². The minimum Gasteiger partial charge on any atom is -0.520 e. The van der Waals surface area contributed by atoms with Crippen LogP contribution in [0.3, 0.4) is 0 Å². The Balaban J connectivity index is 0. The molecule has 0 saturated carbocycles. The largest absolute Gasteiger partial charge is 0.520 e. The van der Waals surface area contributed by atoms with Crippen molar-refractivity contribution >= 4 is 18.5 Å². The van der Waals surface area contributed by atoms with E-state index in [0.717, 1.165) is 4.90 Å². The van der Waals surface area contributed by atoms with Crippen molar-refractivity contribution in [2.45, 2.75) is 51.7 Å². The summed E-state index contributed by atoms with van der Waals surface area (Å²) >= 11 is 0. The number of ether oxygens (including phenoxy) is 1. The van der Waals surface area contributed by atoms with Crippen LogP contribution in [-0.2, 0) is 14.3 Å². The number of nitrogens with one attached hydrogen (secondary N) is 1. The average Bonchev–Trinajstić information content (AvgIpc) is 2.30. The molecular formula is C13H23FmN2O5-. The normalized spacial score (nSPS) is 11.8. The quantitative estimate of drug-likeness (QED) is 0.272. The number of carboxylic acids is 1. The topological polar surface area (TPSA) is 95.9 Å². The van der Waals surface area contributed by atoms with Gasteiger partial charge in [-0.1, -0.05) is 0 Å². The number of nitrogens with zero attached hydrogens (tertiary/aromatic N) is 1. The SMILES string of the molecule is CN([C-]=O)C(CCCCNC(=O)OC(C)(C)C)C(=O)O.[Fm]. The Kier molecular flexibility index (Phi) is 8.96. The molecule has 2 amide bonds. The van der Waals surface area contributed by atoms with E-state index in [1.54, 1.807) is 27.2 Å². The number of likely N-dealkylation sites (N-methyl/N-ethyl adjacent to an activating group) is 1. The summed E-state index contributed by atoms with van der Waals surface area (Å²) in [5.41, 5.74) is -0.541. The van der Waals surface area contributed by atoms with Crippen LogP contribution in [0.25, 0.3) is 0 Å². The van der Waals surface area contributed by atoms with Gasteiger partial charge >= 0.3 is 12.1 Å². The van der Waals surface area contributed by atoms with Crippen molar-refractivity contribution in [3.63, 3.8) is 0 Å². The first-order valence-electron chi connectivity index (χ1n) is 6.47. The smallest absolute Gasteiger partial charge is 0.407 e. The summed E-state index contributed by atoms with van der Waals surface area (Å²) in [6.45, 7) is 5.72. The molecule has 0 saturated heterocycles. The van der Waals surface area contributed by atoms with Crippen LogP contribution in [0.15, 0.2) is 0 Å². The van der Waals surface area contributed by atoms with E-state index >= 15 is 0 Å². The number of carbonyl (C=O) groups excluding carboxylic acids is 2. The Morgan fingerprint density at radius 3 is 2.33 bits per heavy atom. The van der Waals surface area contributed by atoms with Gasteiger partial charge in [-0.3, -0.25) is 4.79 Å². The Labute approximate surface area is 119 Å². The van der Waals surface area contributed by atoms with Crippen molar-refractivity contribution in [3.05, 3.63) is 0 Å². The van der Waals surface area contributed by atoms with Gasteiger partial charge in [0.15, 0.2) is 0 Å². The van der Waals surface area contributed by atoms with E-state index in [4.69, 9.17) is 9.84 Å². The third-order valence-electron chi connectivity index (χ3n) is 2.47. The number of hydrogen-bond acceptors (Lipinski definition) is 4. The van der Waals surface area contributed by atoms with E-state index in [-0.39, 0.29) is 0 Å². The molecule has 0 aromatic heterocycles. The summed E-state index contributed by atoms with van der Waals surface area (Å²) in [6, 6.07) is -0.881. The van der Waals surface area contributed by atoms with Crippen molar-refractivity contribution in [1.82, 2.24) is 10.2 Å². The monoisotopic (exact) mass is 544 g/mol. The van der Waals surface area contributed by atoms with Crippen molar-refractivity contribution in [2.24, 2.45) is 0 Å². The fourth-order valence-electron chi connectivity index (χ4n) is 1.51. The molecule has 0 aromatic rings. The van der Waals surface area contributed by atoms with Gasteiger partial charge in [0.1, 0.15) is 5.60 Å². The number of amides is 2. The van der Waals surface area contributed by atoms with Gasteiger partial charge in [-0.25, -0.2) is 4.79 Å². The van der Waals surface area contributed by atoms with Crippen molar-refractivity contribution in [2.75, 3.05) is 13.6 Å². The number of carboxylic acid groups (broad SMARTS) is 1. The molecule has 2 N–H and O–H groups in total. The summed E-state index contributed by atoms with van der Waals surface area (Å²) in [5.74, 6) is -1.06. The van der Waals surface area contributed by atoms with Gasteiger partial charge in [0.05, 0.1) is 6.04 Å². The van der Waals surface area contributed by atoms with E-state index in [9.17, 15) is 14.4 Å². The van der Waals surface area contributed by atoms with E-state index in [2.05, 4.69) is 5.32 Å². The molecule has 7 nitrogen and oxygen atoms in total. The Morgan fingerprint density at radius 2 is 1.90 bits per heavy atom. The van der Waals surface area contributed by atoms with Crippen molar-refractivity contribution in [1.29, 1.82) is 0 Å². The molecule has 0 aliphatic rings. The average molecular weight is 544 g/mol. The van der Waals surface area contributed by atoms with E-state index in [1.165, 1.54) is 7.05 Å². The predicted molar refractivity (Wildman–Crippen MR) is 73.0 cm³/mol. The molecular weight excluding hydrogens is 521 g/mol. The summed E-state index contributed by atoms with van der Waals surface area (Å²) in [5, 5.41) is 11.5. The van der Waals surface area contributed by atoms with Gasteiger partial charge in [0.25, 0.3) is 0 Å². The number of carbonyl (C=O) groups is 2. The van der Waals surface area contributed by atoms with Crippen LogP contribution in [0.4, 0.5) is 4.79 Å².